The van der Waals surface area contributed by atoms with E-state index in [9.17, 15) is 0 Å². The summed E-state index contributed by atoms with van der Waals surface area (Å²) < 4.78 is 0. The summed E-state index contributed by atoms with van der Waals surface area (Å²) in [6.45, 7) is 18.7. The minimum Gasteiger partial charge on any atom is -0.376 e. The molecular weight excluding hydrogens is 809 g/mol. The molecule has 0 aliphatic carbocycles. The van der Waals surface area contributed by atoms with Crippen LogP contribution in [0.25, 0.3) is 11.1 Å². The molecule has 0 radical (unpaired) electrons. The average molecular weight is 863 g/mol. The maximum atomic E-state index is 2.76. The standard InChI is InChI=1S/C60H53B3N4/c1-34(2)38-22-26-44-50(30-38)64-52-32-40(36(5)6)24-28-46(52)62-56-55-54-48(66(62)42-16-11-9-12-17-42)20-15-21-49(54)67(43-18-13-10-14-19-43)63-47-29-25-41(37(7)8)33-53(47)65-51-31-39(35(3)4)23-27-45(51)61(44)58(59(56)64)60(65)57(55)63/h9-37H,1-8H3. The second-order valence-corrected chi connectivity index (χ2v) is 21.2. The monoisotopic (exact) mass is 862 g/mol. The van der Waals surface area contributed by atoms with Crippen LogP contribution < -0.4 is 57.7 Å². The quantitative estimate of drug-likeness (QED) is 0.154. The van der Waals surface area contributed by atoms with E-state index < -0.39 is 0 Å². The van der Waals surface area contributed by atoms with Gasteiger partial charge in [0.25, 0.3) is 6.71 Å². The van der Waals surface area contributed by atoms with Gasteiger partial charge in [0.05, 0.1) is 0 Å². The third-order valence-electron chi connectivity index (χ3n) is 16.3. The Morgan fingerprint density at radius 1 is 0.328 bits per heavy atom. The number of nitrogens with zero attached hydrogens (tertiary/aromatic N) is 4. The summed E-state index contributed by atoms with van der Waals surface area (Å²) in [4.78, 5) is 10.9. The van der Waals surface area contributed by atoms with Gasteiger partial charge in [-0.05, 0) is 150 Å². The Balaban J connectivity index is 1.23. The predicted octanol–water partition coefficient (Wildman–Crippen LogP) is 11.1. The van der Waals surface area contributed by atoms with E-state index in [0.29, 0.717) is 23.7 Å². The van der Waals surface area contributed by atoms with E-state index in [1.807, 2.05) is 0 Å². The van der Waals surface area contributed by atoms with Gasteiger partial charge in [-0.15, -0.1) is 0 Å². The molecule has 8 aromatic rings. The van der Waals surface area contributed by atoms with E-state index in [1.165, 1.54) is 128 Å². The van der Waals surface area contributed by atoms with Crippen molar-refractivity contribution in [2.24, 2.45) is 0 Å². The Kier molecular flexibility index (Phi) is 8.14. The first-order chi connectivity index (χ1) is 32.6. The summed E-state index contributed by atoms with van der Waals surface area (Å²) in [7, 11) is 0. The first kappa shape index (κ1) is 39.3. The molecule has 0 atom stereocenters. The van der Waals surface area contributed by atoms with Crippen LogP contribution in [0.3, 0.4) is 0 Å². The second kappa shape index (κ2) is 13.9. The molecule has 0 spiro atoms. The van der Waals surface area contributed by atoms with Gasteiger partial charge in [-0.1, -0.05) is 146 Å². The van der Waals surface area contributed by atoms with Gasteiger partial charge in [0, 0.05) is 62.4 Å². The van der Waals surface area contributed by atoms with Gasteiger partial charge in [0.2, 0.25) is 0 Å². The first-order valence-corrected chi connectivity index (χ1v) is 24.8. The number of para-hydroxylation sites is 2. The van der Waals surface area contributed by atoms with Gasteiger partial charge in [-0.25, -0.2) is 0 Å². The third-order valence-corrected chi connectivity index (χ3v) is 16.3. The van der Waals surface area contributed by atoms with Crippen LogP contribution in [-0.2, 0) is 0 Å². The minimum atomic E-state index is -0.0635. The number of benzene rings is 8. The molecule has 6 aliphatic heterocycles. The number of fused-ring (bicyclic) bond motifs is 12. The van der Waals surface area contributed by atoms with Gasteiger partial charge in [0.15, 0.2) is 0 Å². The normalized spacial score (nSPS) is 14.9. The molecular formula is C60H53B3N4. The van der Waals surface area contributed by atoms with Crippen LogP contribution in [0.4, 0.5) is 56.9 Å². The summed E-state index contributed by atoms with van der Waals surface area (Å²) in [5.41, 5.74) is 31.0. The zero-order valence-electron chi connectivity index (χ0n) is 39.8. The largest absolute Gasteiger partial charge is 0.376 e. The van der Waals surface area contributed by atoms with Crippen molar-refractivity contribution in [3.05, 3.63) is 174 Å². The average Bonchev–Trinajstić information content (AvgIpc) is 3.35. The molecule has 322 valence electrons. The topological polar surface area (TPSA) is 13.0 Å². The van der Waals surface area contributed by atoms with E-state index in [0.717, 1.165) is 0 Å². The fourth-order valence-corrected chi connectivity index (χ4v) is 13.0. The van der Waals surface area contributed by atoms with Crippen molar-refractivity contribution in [1.29, 1.82) is 0 Å². The van der Waals surface area contributed by atoms with Crippen LogP contribution in [0.2, 0.25) is 0 Å². The summed E-state index contributed by atoms with van der Waals surface area (Å²) in [5, 5.41) is 0. The summed E-state index contributed by atoms with van der Waals surface area (Å²) >= 11 is 0. The zero-order valence-corrected chi connectivity index (χ0v) is 39.8. The number of hydrogen-bond acceptors (Lipinski definition) is 4. The van der Waals surface area contributed by atoms with Gasteiger partial charge in [0.1, 0.15) is 0 Å². The molecule has 0 N–H and O–H groups in total. The van der Waals surface area contributed by atoms with Gasteiger partial charge < -0.3 is 19.4 Å². The molecule has 0 saturated heterocycles. The maximum Gasteiger partial charge on any atom is 0.333 e. The highest BCUT2D eigenvalue weighted by molar-refractivity contribution is 7.05. The van der Waals surface area contributed by atoms with Crippen molar-refractivity contribution in [2.75, 3.05) is 19.4 Å². The molecule has 4 nitrogen and oxygen atoms in total. The Labute approximate surface area is 397 Å². The van der Waals surface area contributed by atoms with Crippen LogP contribution in [0.5, 0.6) is 0 Å². The van der Waals surface area contributed by atoms with Crippen LogP contribution in [0, 0.1) is 0 Å². The van der Waals surface area contributed by atoms with Crippen LogP contribution in [0.1, 0.15) is 101 Å². The van der Waals surface area contributed by atoms with Crippen molar-refractivity contribution >= 4 is 116 Å². The molecule has 8 aromatic carbocycles. The number of rotatable bonds is 6. The smallest absolute Gasteiger partial charge is 0.333 e. The first-order valence-electron chi connectivity index (χ1n) is 24.8. The van der Waals surface area contributed by atoms with Crippen molar-refractivity contribution in [3.8, 4) is 11.1 Å². The molecule has 6 heterocycles. The van der Waals surface area contributed by atoms with E-state index in [4.69, 9.17) is 0 Å². The predicted molar refractivity (Wildman–Crippen MR) is 289 cm³/mol. The second-order valence-electron chi connectivity index (χ2n) is 21.2. The Bertz CT molecular complexity index is 3220. The lowest BCUT2D eigenvalue weighted by Gasteiger charge is -2.56. The molecule has 14 rings (SSSR count). The number of anilines is 10. The van der Waals surface area contributed by atoms with E-state index in [1.54, 1.807) is 0 Å². The molecule has 0 aromatic heterocycles. The Morgan fingerprint density at radius 2 is 0.687 bits per heavy atom. The zero-order chi connectivity index (χ0) is 45.3. The molecule has 0 bridgehead atoms. The summed E-state index contributed by atoms with van der Waals surface area (Å²) in [6, 6.07) is 59.5. The van der Waals surface area contributed by atoms with E-state index in [2.05, 4.69) is 226 Å². The molecule has 0 amide bonds. The molecule has 6 aliphatic rings. The molecule has 0 unspecified atom stereocenters. The van der Waals surface area contributed by atoms with Gasteiger partial charge >= 0.3 is 13.7 Å². The van der Waals surface area contributed by atoms with Crippen LogP contribution >= 0.6 is 0 Å². The maximum absolute atomic E-state index is 2.76. The SMILES string of the molecule is CC(C)c1ccc2c(c1)N1c3cc(C(C)C)ccc3B3c4c5c6c7c(c41)B2c1ccc(C(C)C)cc1N7c1cc(C(C)C)ccc1B6N(c1ccccc1)c1cccc(c1-5)N3c1ccccc1. The van der Waals surface area contributed by atoms with E-state index >= 15 is 0 Å². The van der Waals surface area contributed by atoms with Crippen molar-refractivity contribution in [2.45, 2.75) is 79.1 Å². The molecule has 0 fully saturated rings. The van der Waals surface area contributed by atoms with Crippen molar-refractivity contribution < 1.29 is 0 Å². The molecule has 7 heteroatoms. The Morgan fingerprint density at radius 3 is 1.06 bits per heavy atom. The lowest BCUT2D eigenvalue weighted by molar-refractivity contribution is 0.865. The third kappa shape index (κ3) is 5.07. The summed E-state index contributed by atoms with van der Waals surface area (Å²) in [5.74, 6) is 1.52. The van der Waals surface area contributed by atoms with Gasteiger partial charge in [-0.2, -0.15) is 0 Å². The minimum absolute atomic E-state index is 0.0337. The highest BCUT2D eigenvalue weighted by atomic mass is 15.2. The highest BCUT2D eigenvalue weighted by Crippen LogP contribution is 2.56. The fraction of sp³-hybridized carbons (Fsp3) is 0.200. The van der Waals surface area contributed by atoms with Crippen molar-refractivity contribution in [1.82, 2.24) is 0 Å². The van der Waals surface area contributed by atoms with Crippen LogP contribution in [-0.4, -0.2) is 20.4 Å². The lowest BCUT2D eigenvalue weighted by Crippen LogP contribution is -2.74. The fourth-order valence-electron chi connectivity index (χ4n) is 13.0. The Hall–Kier alpha value is -6.85. The molecule has 0 saturated carbocycles. The van der Waals surface area contributed by atoms with Crippen LogP contribution in [0.15, 0.2) is 152 Å². The number of hydrogen-bond donors (Lipinski definition) is 0. The summed E-state index contributed by atoms with van der Waals surface area (Å²) in [6.07, 6.45) is 0. The highest BCUT2D eigenvalue weighted by Gasteiger charge is 2.59. The van der Waals surface area contributed by atoms with E-state index in [-0.39, 0.29) is 20.4 Å². The lowest BCUT2D eigenvalue weighted by atomic mass is 9.28. The van der Waals surface area contributed by atoms with Gasteiger partial charge in [-0.3, -0.25) is 0 Å². The molecule has 67 heavy (non-hydrogen) atoms. The van der Waals surface area contributed by atoms with Crippen molar-refractivity contribution in [3.63, 3.8) is 0 Å².